The number of amides is 3. The van der Waals surface area contributed by atoms with Crippen molar-refractivity contribution in [3.8, 4) is 0 Å². The number of ether oxygens (including phenoxy) is 1. The number of rotatable bonds is 17. The van der Waals surface area contributed by atoms with Gasteiger partial charge in [0.2, 0.25) is 0 Å². The number of halogens is 1. The molecule has 0 aliphatic carbocycles. The Balaban J connectivity index is 0.000000155. The first-order chi connectivity index (χ1) is 42.6. The molecule has 24 heteroatoms. The third-order valence-electron chi connectivity index (χ3n) is 15.2. The molecular weight excluding hydrogens is 1190 g/mol. The predicted octanol–water partition coefficient (Wildman–Crippen LogP) is 4.66. The van der Waals surface area contributed by atoms with Crippen LogP contribution in [0.15, 0.2) is 151 Å². The molecule has 3 aromatic carbocycles. The molecule has 3 atom stereocenters. The van der Waals surface area contributed by atoms with Gasteiger partial charge in [-0.1, -0.05) is 72.8 Å². The van der Waals surface area contributed by atoms with Crippen molar-refractivity contribution in [1.29, 1.82) is 0 Å². The normalized spacial score (nSPS) is 14.8. The van der Waals surface area contributed by atoms with Gasteiger partial charge in [-0.05, 0) is 105 Å². The van der Waals surface area contributed by atoms with Crippen LogP contribution in [0.4, 0.5) is 0 Å². The van der Waals surface area contributed by atoms with Crippen molar-refractivity contribution in [1.82, 2.24) is 58.8 Å². The number of hydrogen-bond acceptors (Lipinski definition) is 15. The number of aliphatic hydroxyl groups is 3. The molecule has 3 amide bonds. The van der Waals surface area contributed by atoms with Crippen LogP contribution < -0.4 is 16.0 Å². The molecule has 3 aliphatic heterocycles. The van der Waals surface area contributed by atoms with E-state index in [1.165, 1.54) is 63.4 Å². The first kappa shape index (κ1) is 63.6. The van der Waals surface area contributed by atoms with Crippen LogP contribution in [-0.4, -0.2) is 177 Å². The standard InChI is InChI=1S/C22H24N4O4.C21H22N4O4.C20H21BrN4O2.CO/c1-30-22(29)17-6-7-20-24-19(14-26(20)12-17)21(28)23-10-18(27)13-25-9-8-15-4-2-3-5-16(15)11-25;26-17(12-24-8-7-14-3-1-2-4-15(14)10-24)9-22-20(27)18-13-25-11-16(21(28)29)5-6-19(25)23-18;21-16-5-6-19-23-18(13-25(19)11-16)20(27)22-9-17(26)12-24-8-7-14-3-1-2-4-15(14)10-24;1-2/h2-7,12,14,18,27H,8-11,13H2,1H3,(H,23,28);1-6,11,13,17,26H,7-10,12H2,(H,22,27)(H,28,29);1-6,11,13,17,26H,7-10,12H2,(H,22,27);/t18-;2*17-;/m111./s1. The molecular formula is C64H67BrN12O11. The molecule has 0 bridgehead atoms. The second-order valence-corrected chi connectivity index (χ2v) is 22.4. The number of imidazole rings is 3. The van der Waals surface area contributed by atoms with Gasteiger partial charge in [-0.25, -0.2) is 24.5 Å². The van der Waals surface area contributed by atoms with E-state index in [0.717, 1.165) is 63.0 Å². The van der Waals surface area contributed by atoms with Crippen molar-refractivity contribution >= 4 is 62.5 Å². The van der Waals surface area contributed by atoms with E-state index in [1.807, 2.05) is 42.6 Å². The Morgan fingerprint density at radius 3 is 1.19 bits per heavy atom. The fourth-order valence-corrected chi connectivity index (χ4v) is 11.1. The van der Waals surface area contributed by atoms with Crippen LogP contribution >= 0.6 is 15.9 Å². The Labute approximate surface area is 515 Å². The maximum atomic E-state index is 12.4. The predicted molar refractivity (Wildman–Crippen MR) is 327 cm³/mol. The number of pyridine rings is 3. The summed E-state index contributed by atoms with van der Waals surface area (Å²) < 4.78 is 18.0. The number of aromatic nitrogens is 6. The number of carboxylic acids is 1. The second-order valence-electron chi connectivity index (χ2n) is 21.5. The third kappa shape index (κ3) is 16.8. The van der Waals surface area contributed by atoms with Gasteiger partial charge in [-0.3, -0.25) is 29.1 Å². The fraction of sp³-hybridized carbons (Fsp3) is 0.297. The van der Waals surface area contributed by atoms with E-state index in [-0.39, 0.29) is 48.4 Å². The number of nitrogens with one attached hydrogen (secondary N) is 3. The summed E-state index contributed by atoms with van der Waals surface area (Å²) in [5.41, 5.74) is 10.9. The summed E-state index contributed by atoms with van der Waals surface area (Å²) in [6.07, 6.45) is 10.4. The zero-order valence-electron chi connectivity index (χ0n) is 48.2. The molecule has 6 aromatic heterocycles. The van der Waals surface area contributed by atoms with Crippen LogP contribution in [0.3, 0.4) is 0 Å². The van der Waals surface area contributed by atoms with Crippen molar-refractivity contribution in [3.63, 3.8) is 0 Å². The molecule has 0 saturated carbocycles. The number of β-amino-alcohol motifs (C(OH)–C–C–N with tert-alkyl or cyclic N) is 3. The van der Waals surface area contributed by atoms with Crippen molar-refractivity contribution in [2.75, 3.05) is 66.0 Å². The van der Waals surface area contributed by atoms with Crippen molar-refractivity contribution < 1.29 is 53.8 Å². The molecule has 0 spiro atoms. The Morgan fingerprint density at radius 1 is 0.500 bits per heavy atom. The molecule has 0 radical (unpaired) electrons. The van der Waals surface area contributed by atoms with Crippen molar-refractivity contribution in [3.05, 3.63) is 219 Å². The van der Waals surface area contributed by atoms with Gasteiger partial charge in [0.05, 0.1) is 36.5 Å². The average molecular weight is 1260 g/mol. The molecule has 9 aromatic rings. The molecule has 12 rings (SSSR count). The number of aliphatic hydroxyl groups excluding tert-OH is 3. The number of esters is 1. The van der Waals surface area contributed by atoms with Crippen LogP contribution in [0, 0.1) is 6.65 Å². The summed E-state index contributed by atoms with van der Waals surface area (Å²) in [5, 5.41) is 48.3. The zero-order chi connectivity index (χ0) is 62.3. The van der Waals surface area contributed by atoms with Gasteiger partial charge in [0.1, 0.15) is 34.0 Å². The number of benzene rings is 3. The van der Waals surface area contributed by atoms with Gasteiger partial charge in [-0.2, -0.15) is 0 Å². The molecule has 0 unspecified atom stereocenters. The van der Waals surface area contributed by atoms with Crippen LogP contribution in [0.25, 0.3) is 16.9 Å². The summed E-state index contributed by atoms with van der Waals surface area (Å²) in [4.78, 5) is 79.2. The van der Waals surface area contributed by atoms with Gasteiger partial charge in [0.15, 0.2) is 0 Å². The fourth-order valence-electron chi connectivity index (χ4n) is 10.8. The summed E-state index contributed by atoms with van der Waals surface area (Å²) in [6.45, 7) is 11.6. The monoisotopic (exact) mass is 1260 g/mol. The van der Waals surface area contributed by atoms with Gasteiger partial charge >= 0.3 is 23.2 Å². The second kappa shape index (κ2) is 30.1. The summed E-state index contributed by atoms with van der Waals surface area (Å²) in [5.74, 6) is -2.57. The zero-order valence-corrected chi connectivity index (χ0v) is 49.8. The van der Waals surface area contributed by atoms with Crippen LogP contribution in [0.1, 0.15) is 85.6 Å². The Bertz CT molecular complexity index is 3960. The van der Waals surface area contributed by atoms with E-state index in [1.54, 1.807) is 45.6 Å². The first-order valence-corrected chi connectivity index (χ1v) is 29.3. The molecule has 0 fully saturated rings. The Morgan fingerprint density at radius 2 is 0.830 bits per heavy atom. The van der Waals surface area contributed by atoms with Gasteiger partial charge in [-0.15, -0.1) is 0 Å². The van der Waals surface area contributed by atoms with Gasteiger partial charge in [0, 0.05) is 120 Å². The average Bonchev–Trinajstić information content (AvgIpc) is 4.38. The van der Waals surface area contributed by atoms with Gasteiger partial charge in [0.25, 0.3) is 17.7 Å². The molecule has 88 heavy (non-hydrogen) atoms. The van der Waals surface area contributed by atoms with Crippen LogP contribution in [0.5, 0.6) is 0 Å². The number of aromatic carboxylic acids is 1. The van der Waals surface area contributed by atoms with Crippen molar-refractivity contribution in [2.45, 2.75) is 57.2 Å². The minimum absolute atomic E-state index is 0.111. The molecule has 9 heterocycles. The van der Waals surface area contributed by atoms with Crippen molar-refractivity contribution in [2.24, 2.45) is 0 Å². The van der Waals surface area contributed by atoms with E-state index in [0.29, 0.717) is 47.8 Å². The molecule has 456 valence electrons. The molecule has 0 saturated heterocycles. The SMILES string of the molecule is COC(=O)c1ccc2nc(C(=O)NC[C@@H](O)CN3CCc4ccccc4C3)cn2c1.O=C(NC[C@@H](O)CN1CCc2ccccc2C1)c1cn2cc(Br)ccc2n1.O=C(O)c1ccc2nc(C(=O)NC[C@@H](O)CN3CCc4ccccc4C3)cn2c1.[C-]#[O+]. The number of carbonyl (C=O) groups excluding carboxylic acids is 4. The summed E-state index contributed by atoms with van der Waals surface area (Å²) in [6, 6.07) is 35.0. The van der Waals surface area contributed by atoms with Crippen LogP contribution in [-0.2, 0) is 48.3 Å². The minimum atomic E-state index is -1.05. The molecule has 23 nitrogen and oxygen atoms in total. The van der Waals surface area contributed by atoms with Crippen LogP contribution in [0.2, 0.25) is 0 Å². The Kier molecular flexibility index (Phi) is 21.8. The number of hydrogen-bond donors (Lipinski definition) is 7. The number of fused-ring (bicyclic) bond motifs is 6. The molecule has 3 aliphatic rings. The van der Waals surface area contributed by atoms with E-state index in [2.05, 4.69) is 117 Å². The van der Waals surface area contributed by atoms with Gasteiger partial charge < -0.3 is 54.3 Å². The first-order valence-electron chi connectivity index (χ1n) is 28.5. The summed E-state index contributed by atoms with van der Waals surface area (Å²) >= 11 is 3.40. The van der Waals surface area contributed by atoms with E-state index in [4.69, 9.17) is 14.5 Å². The van der Waals surface area contributed by atoms with E-state index >= 15 is 0 Å². The van der Waals surface area contributed by atoms with E-state index < -0.39 is 36.2 Å². The summed E-state index contributed by atoms with van der Waals surface area (Å²) in [7, 11) is 1.31. The number of carboxylic acid groups (broad SMARTS) is 1. The molecule has 7 N–H and O–H groups in total. The third-order valence-corrected chi connectivity index (χ3v) is 15.7. The number of methoxy groups -OCH3 is 1. The quantitative estimate of drug-likeness (QED) is 0.0371. The van der Waals surface area contributed by atoms with E-state index in [9.17, 15) is 39.3 Å². The number of nitrogens with zero attached hydrogens (tertiary/aromatic N) is 9. The topological polar surface area (TPSA) is 293 Å². The Hall–Kier alpha value is -8.94. The maximum absolute atomic E-state index is 12.4. The number of carbonyl (C=O) groups is 5.